The van der Waals surface area contributed by atoms with E-state index in [0.29, 0.717) is 25.2 Å². The number of carbonyl (C=O) groups is 3. The summed E-state index contributed by atoms with van der Waals surface area (Å²) >= 11 is 1.20. The van der Waals surface area contributed by atoms with Crippen LogP contribution in [0.5, 0.6) is 0 Å². The lowest BCUT2D eigenvalue weighted by Crippen LogP contribution is -2.55. The third-order valence-electron chi connectivity index (χ3n) is 5.80. The maximum atomic E-state index is 12.4. The van der Waals surface area contributed by atoms with Crippen LogP contribution < -0.4 is 21.1 Å². The molecule has 0 aliphatic carbocycles. The fourth-order valence-corrected chi connectivity index (χ4v) is 4.73. The van der Waals surface area contributed by atoms with Gasteiger partial charge in [-0.15, -0.1) is 6.58 Å². The van der Waals surface area contributed by atoms with Gasteiger partial charge in [-0.2, -0.15) is 0 Å². The van der Waals surface area contributed by atoms with Gasteiger partial charge in [-0.3, -0.25) is 14.4 Å². The molecule has 0 saturated carbocycles. The SMILES string of the molecule is C=CCNC(=O)[C@@H](N)C(SNc1ccc(NC(=O)CCN2CCN(C)CC2)cc1)N(CC)C(C)=O. The molecule has 1 aliphatic heterocycles. The molecule has 0 radical (unpaired) electrons. The third-order valence-corrected chi connectivity index (χ3v) is 6.94. The molecule has 35 heavy (non-hydrogen) atoms. The molecular formula is C24H39N7O3S. The minimum absolute atomic E-state index is 0.0179. The van der Waals surface area contributed by atoms with Crippen molar-refractivity contribution in [1.29, 1.82) is 0 Å². The second-order valence-electron chi connectivity index (χ2n) is 8.50. The van der Waals surface area contributed by atoms with Gasteiger partial charge in [0.15, 0.2) is 0 Å². The summed E-state index contributed by atoms with van der Waals surface area (Å²) in [4.78, 5) is 43.0. The van der Waals surface area contributed by atoms with Crippen molar-refractivity contribution in [3.05, 3.63) is 36.9 Å². The van der Waals surface area contributed by atoms with E-state index in [4.69, 9.17) is 5.73 Å². The summed E-state index contributed by atoms with van der Waals surface area (Å²) < 4.78 is 3.18. The van der Waals surface area contributed by atoms with Gasteiger partial charge in [0.25, 0.3) is 0 Å². The Hall–Kier alpha value is -2.60. The van der Waals surface area contributed by atoms with Gasteiger partial charge in [0.1, 0.15) is 11.4 Å². The molecule has 194 valence electrons. The lowest BCUT2D eigenvalue weighted by atomic mass is 10.2. The number of anilines is 2. The first-order chi connectivity index (χ1) is 16.7. The number of nitrogens with two attached hydrogens (primary N) is 1. The van der Waals surface area contributed by atoms with Crippen LogP contribution in [0.2, 0.25) is 0 Å². The Labute approximate surface area is 212 Å². The molecular weight excluding hydrogens is 466 g/mol. The summed E-state index contributed by atoms with van der Waals surface area (Å²) in [5.41, 5.74) is 7.66. The minimum atomic E-state index is -0.935. The van der Waals surface area contributed by atoms with Crippen molar-refractivity contribution in [2.45, 2.75) is 31.7 Å². The first kappa shape index (κ1) is 28.6. The maximum absolute atomic E-state index is 12.4. The second kappa shape index (κ2) is 14.7. The van der Waals surface area contributed by atoms with Gasteiger partial charge in [0, 0.05) is 70.5 Å². The molecule has 1 aromatic rings. The van der Waals surface area contributed by atoms with Crippen LogP contribution in [0.1, 0.15) is 20.3 Å². The van der Waals surface area contributed by atoms with E-state index in [1.54, 1.807) is 11.0 Å². The molecule has 0 spiro atoms. The molecule has 1 aliphatic rings. The van der Waals surface area contributed by atoms with Crippen molar-refractivity contribution in [2.24, 2.45) is 5.73 Å². The molecule has 0 bridgehead atoms. The molecule has 1 aromatic carbocycles. The molecule has 11 heteroatoms. The monoisotopic (exact) mass is 505 g/mol. The van der Waals surface area contributed by atoms with Gasteiger partial charge in [0.05, 0.1) is 0 Å². The highest BCUT2D eigenvalue weighted by molar-refractivity contribution is 8.01. The Balaban J connectivity index is 1.90. The standard InChI is InChI=1S/C24H39N7O3S/c1-5-12-26-23(34)22(25)24(31(6-2)18(3)32)35-28-20-9-7-19(8-10-20)27-21(33)11-13-30-16-14-29(4)15-17-30/h5,7-10,22,24,28H,1,6,11-17,25H2,2-4H3,(H,26,34)(H,27,33)/t22-,24?/m1/s1. The van der Waals surface area contributed by atoms with Crippen molar-refractivity contribution in [1.82, 2.24) is 20.0 Å². The number of nitrogens with zero attached hydrogens (tertiary/aromatic N) is 3. The van der Waals surface area contributed by atoms with Gasteiger partial charge < -0.3 is 35.8 Å². The van der Waals surface area contributed by atoms with Crippen LogP contribution in [0.15, 0.2) is 36.9 Å². The number of likely N-dealkylation sites (N-methyl/N-ethyl adjacent to an activating group) is 2. The smallest absolute Gasteiger partial charge is 0.240 e. The number of piperazine rings is 1. The fraction of sp³-hybridized carbons (Fsp3) is 0.542. The number of benzene rings is 1. The molecule has 2 rings (SSSR count). The van der Waals surface area contributed by atoms with Crippen LogP contribution in [-0.4, -0.2) is 96.7 Å². The van der Waals surface area contributed by atoms with Crippen molar-refractivity contribution in [2.75, 3.05) is 62.9 Å². The Kier molecular flexibility index (Phi) is 12.0. The lowest BCUT2D eigenvalue weighted by molar-refractivity contribution is -0.131. The van der Waals surface area contributed by atoms with Gasteiger partial charge in [-0.25, -0.2) is 0 Å². The van der Waals surface area contributed by atoms with Crippen LogP contribution >= 0.6 is 11.9 Å². The lowest BCUT2D eigenvalue weighted by Gasteiger charge is -2.32. The molecule has 10 nitrogen and oxygen atoms in total. The second-order valence-corrected chi connectivity index (χ2v) is 9.42. The zero-order valence-corrected chi connectivity index (χ0v) is 21.8. The Morgan fingerprint density at radius 2 is 1.80 bits per heavy atom. The normalized spacial score (nSPS) is 16.1. The highest BCUT2D eigenvalue weighted by Gasteiger charge is 2.31. The summed E-state index contributed by atoms with van der Waals surface area (Å²) in [5, 5.41) is 5.00. The average molecular weight is 506 g/mol. The molecule has 0 aromatic heterocycles. The predicted molar refractivity (Wildman–Crippen MR) is 143 cm³/mol. The summed E-state index contributed by atoms with van der Waals surface area (Å²) in [6, 6.07) is 6.34. The molecule has 1 unspecified atom stereocenters. The molecule has 1 saturated heterocycles. The Bertz CT molecular complexity index is 844. The van der Waals surface area contributed by atoms with E-state index >= 15 is 0 Å². The average Bonchev–Trinajstić information content (AvgIpc) is 2.85. The molecule has 5 N–H and O–H groups in total. The minimum Gasteiger partial charge on any atom is -0.351 e. The summed E-state index contributed by atoms with van der Waals surface area (Å²) in [6.07, 6.45) is 2.02. The van der Waals surface area contributed by atoms with Gasteiger partial charge in [-0.05, 0) is 50.2 Å². The zero-order chi connectivity index (χ0) is 25.8. The maximum Gasteiger partial charge on any atom is 0.240 e. The number of nitrogens with one attached hydrogen (secondary N) is 3. The van der Waals surface area contributed by atoms with E-state index in [1.165, 1.54) is 18.9 Å². The van der Waals surface area contributed by atoms with Crippen molar-refractivity contribution in [3.63, 3.8) is 0 Å². The van der Waals surface area contributed by atoms with Crippen LogP contribution in [0.3, 0.4) is 0 Å². The highest BCUT2D eigenvalue weighted by Crippen LogP contribution is 2.23. The molecule has 1 heterocycles. The number of hydrogen-bond donors (Lipinski definition) is 4. The van der Waals surface area contributed by atoms with E-state index in [2.05, 4.69) is 38.8 Å². The van der Waals surface area contributed by atoms with Gasteiger partial charge >= 0.3 is 0 Å². The first-order valence-electron chi connectivity index (χ1n) is 11.9. The van der Waals surface area contributed by atoms with E-state index in [9.17, 15) is 14.4 Å². The van der Waals surface area contributed by atoms with Crippen LogP contribution in [0.4, 0.5) is 11.4 Å². The largest absolute Gasteiger partial charge is 0.351 e. The summed E-state index contributed by atoms with van der Waals surface area (Å²) in [7, 11) is 2.11. The highest BCUT2D eigenvalue weighted by atomic mass is 32.2. The van der Waals surface area contributed by atoms with E-state index < -0.39 is 11.4 Å². The van der Waals surface area contributed by atoms with Crippen LogP contribution in [-0.2, 0) is 14.4 Å². The molecule has 2 atom stereocenters. The van der Waals surface area contributed by atoms with E-state index in [-0.39, 0.29) is 17.7 Å². The summed E-state index contributed by atoms with van der Waals surface area (Å²) in [6.45, 7) is 12.4. The number of rotatable bonds is 13. The van der Waals surface area contributed by atoms with Gasteiger partial charge in [-0.1, -0.05) is 6.08 Å². The predicted octanol–water partition coefficient (Wildman–Crippen LogP) is 1.15. The Morgan fingerprint density at radius 3 is 2.37 bits per heavy atom. The van der Waals surface area contributed by atoms with Crippen LogP contribution in [0.25, 0.3) is 0 Å². The van der Waals surface area contributed by atoms with Crippen LogP contribution in [0, 0.1) is 0 Å². The first-order valence-corrected chi connectivity index (χ1v) is 12.8. The fourth-order valence-electron chi connectivity index (χ4n) is 3.64. The number of carbonyl (C=O) groups excluding carboxylic acids is 3. The third kappa shape index (κ3) is 9.52. The zero-order valence-electron chi connectivity index (χ0n) is 21.0. The molecule has 1 fully saturated rings. The molecule has 3 amide bonds. The quantitative estimate of drug-likeness (QED) is 0.179. The Morgan fingerprint density at radius 1 is 1.17 bits per heavy atom. The van der Waals surface area contributed by atoms with Crippen molar-refractivity contribution in [3.8, 4) is 0 Å². The topological polar surface area (TPSA) is 123 Å². The van der Waals surface area contributed by atoms with E-state index in [1.807, 2.05) is 31.2 Å². The van der Waals surface area contributed by atoms with E-state index in [0.717, 1.165) is 38.4 Å². The van der Waals surface area contributed by atoms with Gasteiger partial charge in [0.2, 0.25) is 17.7 Å². The van der Waals surface area contributed by atoms with Crippen molar-refractivity contribution >= 4 is 41.0 Å². The number of amides is 3. The van der Waals surface area contributed by atoms with Crippen molar-refractivity contribution < 1.29 is 14.4 Å². The summed E-state index contributed by atoms with van der Waals surface area (Å²) in [5.74, 6) is -0.553. The number of hydrogen-bond acceptors (Lipinski definition) is 8.